The van der Waals surface area contributed by atoms with Gasteiger partial charge in [0.05, 0.1) is 5.56 Å². The van der Waals surface area contributed by atoms with Gasteiger partial charge in [-0.3, -0.25) is 0 Å². The minimum absolute atomic E-state index is 0.116. The molecule has 7 heteroatoms. The fraction of sp³-hybridized carbons (Fsp3) is 0.385. The molecule has 2 amide bonds. The molecule has 0 heterocycles. The molecule has 0 atom stereocenters. The van der Waals surface area contributed by atoms with E-state index in [2.05, 4.69) is 26.6 Å². The van der Waals surface area contributed by atoms with Crippen LogP contribution in [-0.2, 0) is 0 Å². The van der Waals surface area contributed by atoms with Crippen molar-refractivity contribution in [2.75, 3.05) is 18.1 Å². The first-order chi connectivity index (χ1) is 9.46. The minimum Gasteiger partial charge on any atom is -0.478 e. The average molecular weight is 359 g/mol. The molecular weight excluding hydrogens is 344 g/mol. The number of anilines is 1. The van der Waals surface area contributed by atoms with Crippen molar-refractivity contribution in [3.63, 3.8) is 0 Å². The number of halogens is 1. The lowest BCUT2D eigenvalue weighted by Crippen LogP contribution is -2.35. The highest BCUT2D eigenvalue weighted by Gasteiger charge is 2.41. The number of rotatable bonds is 5. The van der Waals surface area contributed by atoms with E-state index in [9.17, 15) is 9.59 Å². The van der Waals surface area contributed by atoms with Crippen molar-refractivity contribution in [2.45, 2.75) is 17.6 Å². The second-order valence-corrected chi connectivity index (χ2v) is 6.82. The van der Waals surface area contributed by atoms with Gasteiger partial charge in [0.2, 0.25) is 0 Å². The predicted molar refractivity (Wildman–Crippen MR) is 83.6 cm³/mol. The molecule has 1 aromatic rings. The van der Waals surface area contributed by atoms with Crippen LogP contribution in [0.15, 0.2) is 22.7 Å². The molecule has 1 aromatic carbocycles. The average Bonchev–Trinajstić information content (AvgIpc) is 3.19. The summed E-state index contributed by atoms with van der Waals surface area (Å²) >= 11 is 4.93. The van der Waals surface area contributed by atoms with E-state index >= 15 is 0 Å². The number of carboxylic acids is 1. The number of hydrogen-bond donors (Lipinski definition) is 3. The van der Waals surface area contributed by atoms with Crippen LogP contribution < -0.4 is 10.6 Å². The van der Waals surface area contributed by atoms with Crippen LogP contribution in [0.25, 0.3) is 0 Å². The number of nitrogens with one attached hydrogen (secondary N) is 2. The lowest BCUT2D eigenvalue weighted by molar-refractivity contribution is 0.0696. The van der Waals surface area contributed by atoms with E-state index in [-0.39, 0.29) is 16.3 Å². The highest BCUT2D eigenvalue weighted by molar-refractivity contribution is 9.10. The molecule has 108 valence electrons. The Morgan fingerprint density at radius 2 is 2.15 bits per heavy atom. The molecule has 1 fully saturated rings. The van der Waals surface area contributed by atoms with Crippen LogP contribution in [0.2, 0.25) is 0 Å². The van der Waals surface area contributed by atoms with Gasteiger partial charge in [-0.15, -0.1) is 0 Å². The zero-order valence-corrected chi connectivity index (χ0v) is 13.3. The largest absolute Gasteiger partial charge is 0.478 e. The number of hydrogen-bond acceptors (Lipinski definition) is 3. The molecule has 0 aliphatic heterocycles. The van der Waals surface area contributed by atoms with Crippen LogP contribution in [0.4, 0.5) is 10.5 Å². The molecule has 0 spiro atoms. The van der Waals surface area contributed by atoms with Crippen LogP contribution in [0.5, 0.6) is 0 Å². The third-order valence-corrected chi connectivity index (χ3v) is 5.38. The Hall–Kier alpha value is -1.21. The first kappa shape index (κ1) is 15.2. The van der Waals surface area contributed by atoms with Crippen molar-refractivity contribution in [3.05, 3.63) is 28.2 Å². The summed E-state index contributed by atoms with van der Waals surface area (Å²) in [6, 6.07) is 4.36. The Balaban J connectivity index is 1.94. The Bertz CT molecular complexity index is 546. The van der Waals surface area contributed by atoms with Crippen molar-refractivity contribution in [1.29, 1.82) is 0 Å². The van der Waals surface area contributed by atoms with Gasteiger partial charge in [-0.2, -0.15) is 11.8 Å². The quantitative estimate of drug-likeness (QED) is 0.755. The number of urea groups is 1. The highest BCUT2D eigenvalue weighted by atomic mass is 79.9. The van der Waals surface area contributed by atoms with Crippen LogP contribution in [-0.4, -0.2) is 34.7 Å². The maximum absolute atomic E-state index is 11.8. The van der Waals surface area contributed by atoms with Gasteiger partial charge in [-0.25, -0.2) is 9.59 Å². The smallest absolute Gasteiger partial charge is 0.336 e. The third-order valence-electron chi connectivity index (χ3n) is 3.27. The molecule has 0 unspecified atom stereocenters. The fourth-order valence-electron chi connectivity index (χ4n) is 1.78. The third kappa shape index (κ3) is 3.67. The summed E-state index contributed by atoms with van der Waals surface area (Å²) in [5.74, 6) is -1.04. The summed E-state index contributed by atoms with van der Waals surface area (Å²) in [6.07, 6.45) is 4.28. The van der Waals surface area contributed by atoms with Crippen molar-refractivity contribution >= 4 is 45.4 Å². The lowest BCUT2D eigenvalue weighted by Gasteiger charge is -2.14. The normalized spacial score (nSPS) is 15.5. The second kappa shape index (κ2) is 6.05. The molecule has 3 N–H and O–H groups in total. The number of carbonyl (C=O) groups is 2. The Morgan fingerprint density at radius 1 is 1.45 bits per heavy atom. The van der Waals surface area contributed by atoms with Crippen molar-refractivity contribution in [2.24, 2.45) is 0 Å². The van der Waals surface area contributed by atoms with Crippen LogP contribution in [0, 0.1) is 0 Å². The Morgan fingerprint density at radius 3 is 2.70 bits per heavy atom. The van der Waals surface area contributed by atoms with Gasteiger partial charge in [0.25, 0.3) is 0 Å². The van der Waals surface area contributed by atoms with E-state index in [1.54, 1.807) is 23.9 Å². The minimum atomic E-state index is -1.04. The van der Waals surface area contributed by atoms with Crippen LogP contribution in [0.3, 0.4) is 0 Å². The Kier molecular flexibility index (Phi) is 4.59. The van der Waals surface area contributed by atoms with Gasteiger partial charge in [0.1, 0.15) is 0 Å². The molecule has 2 rings (SSSR count). The van der Waals surface area contributed by atoms with E-state index in [0.717, 1.165) is 12.8 Å². The van der Waals surface area contributed by atoms with Crippen LogP contribution in [0.1, 0.15) is 23.2 Å². The monoisotopic (exact) mass is 358 g/mol. The number of amides is 2. The molecule has 0 bridgehead atoms. The van der Waals surface area contributed by atoms with Gasteiger partial charge in [0.15, 0.2) is 0 Å². The molecule has 20 heavy (non-hydrogen) atoms. The molecule has 1 aliphatic carbocycles. The number of carbonyl (C=O) groups excluding carboxylic acids is 1. The molecule has 0 aromatic heterocycles. The van der Waals surface area contributed by atoms with Crippen molar-refractivity contribution < 1.29 is 14.7 Å². The first-order valence-electron chi connectivity index (χ1n) is 6.09. The molecule has 0 saturated heterocycles. The maximum atomic E-state index is 11.8. The van der Waals surface area contributed by atoms with Crippen LogP contribution >= 0.6 is 27.7 Å². The SMILES string of the molecule is CSC1(CNC(=O)Nc2ccc(Br)c(C(=O)O)c2)CC1. The standard InChI is InChI=1S/C13H15BrN2O3S/c1-20-13(4-5-13)7-15-12(19)16-8-2-3-10(14)9(6-8)11(17)18/h2-3,6H,4-5,7H2,1H3,(H,17,18)(H2,15,16,19). The summed E-state index contributed by atoms with van der Waals surface area (Å²) in [5.41, 5.74) is 0.572. The summed E-state index contributed by atoms with van der Waals surface area (Å²) < 4.78 is 0.679. The zero-order valence-electron chi connectivity index (χ0n) is 10.9. The summed E-state index contributed by atoms with van der Waals surface area (Å²) in [6.45, 7) is 0.627. The van der Waals surface area contributed by atoms with Crippen molar-refractivity contribution in [3.8, 4) is 0 Å². The van der Waals surface area contributed by atoms with Gasteiger partial charge < -0.3 is 15.7 Å². The number of carboxylic acid groups (broad SMARTS) is 1. The fourth-order valence-corrected chi connectivity index (χ4v) is 2.92. The van der Waals surface area contributed by atoms with Gasteiger partial charge in [-0.1, -0.05) is 0 Å². The van der Waals surface area contributed by atoms with Gasteiger partial charge >= 0.3 is 12.0 Å². The lowest BCUT2D eigenvalue weighted by atomic mass is 10.2. The molecule has 5 nitrogen and oxygen atoms in total. The van der Waals surface area contributed by atoms with E-state index in [4.69, 9.17) is 5.11 Å². The first-order valence-corrected chi connectivity index (χ1v) is 8.10. The molecule has 1 saturated carbocycles. The van der Waals surface area contributed by atoms with Gasteiger partial charge in [-0.05, 0) is 53.2 Å². The zero-order chi connectivity index (χ0) is 14.8. The van der Waals surface area contributed by atoms with Gasteiger partial charge in [0, 0.05) is 21.5 Å². The second-order valence-electron chi connectivity index (χ2n) is 4.69. The summed E-state index contributed by atoms with van der Waals surface area (Å²) in [5, 5.41) is 14.5. The van der Waals surface area contributed by atoms with E-state index in [1.165, 1.54) is 6.07 Å². The van der Waals surface area contributed by atoms with E-state index in [1.807, 2.05) is 6.26 Å². The topological polar surface area (TPSA) is 78.4 Å². The summed E-state index contributed by atoms with van der Waals surface area (Å²) in [4.78, 5) is 22.8. The Labute approximate surface area is 129 Å². The van der Waals surface area contributed by atoms with E-state index in [0.29, 0.717) is 16.7 Å². The molecule has 1 aliphatic rings. The maximum Gasteiger partial charge on any atom is 0.336 e. The highest BCUT2D eigenvalue weighted by Crippen LogP contribution is 2.46. The number of benzene rings is 1. The molecule has 0 radical (unpaired) electrons. The number of aromatic carboxylic acids is 1. The summed E-state index contributed by atoms with van der Waals surface area (Å²) in [7, 11) is 0. The predicted octanol–water partition coefficient (Wildman–Crippen LogP) is 3.16. The molecular formula is C13H15BrN2O3S. The number of thioether (sulfide) groups is 1. The van der Waals surface area contributed by atoms with Crippen molar-refractivity contribution in [1.82, 2.24) is 5.32 Å². The van der Waals surface area contributed by atoms with E-state index < -0.39 is 5.97 Å².